The molecular weight excluding hydrogens is 334 g/mol. The lowest BCUT2D eigenvalue weighted by Crippen LogP contribution is -2.15. The van der Waals surface area contributed by atoms with E-state index in [1.807, 2.05) is 18.2 Å². The van der Waals surface area contributed by atoms with Crippen LogP contribution in [0.1, 0.15) is 0 Å². The molecule has 0 spiro atoms. The fourth-order valence-corrected chi connectivity index (χ4v) is 2.86. The Kier molecular flexibility index (Phi) is 3.96. The lowest BCUT2D eigenvalue weighted by Gasteiger charge is -2.19. The summed E-state index contributed by atoms with van der Waals surface area (Å²) < 4.78 is 16.4. The van der Waals surface area contributed by atoms with Gasteiger partial charge in [-0.25, -0.2) is 9.97 Å². The molecule has 0 atom stereocenters. The molecule has 0 unspecified atom stereocenters. The molecule has 7 nitrogen and oxygen atoms in total. The highest BCUT2D eigenvalue weighted by Crippen LogP contribution is 2.40. The van der Waals surface area contributed by atoms with E-state index in [1.165, 1.54) is 13.2 Å². The SMILES string of the molecule is COc1ccc(-c2nc(N)ncc2-c2ccc3c(c2)OCCO3)c(O)c1. The minimum absolute atomic E-state index is 0.0428. The highest BCUT2D eigenvalue weighted by molar-refractivity contribution is 5.84. The average molecular weight is 351 g/mol. The summed E-state index contributed by atoms with van der Waals surface area (Å²) in [7, 11) is 1.54. The number of fused-ring (bicyclic) bond motifs is 1. The van der Waals surface area contributed by atoms with Crippen molar-refractivity contribution in [3.05, 3.63) is 42.6 Å². The van der Waals surface area contributed by atoms with Gasteiger partial charge in [-0.05, 0) is 29.8 Å². The number of phenols is 1. The molecule has 3 N–H and O–H groups in total. The van der Waals surface area contributed by atoms with Crippen molar-refractivity contribution in [1.82, 2.24) is 9.97 Å². The minimum Gasteiger partial charge on any atom is -0.507 e. The molecule has 7 heteroatoms. The second kappa shape index (κ2) is 6.44. The van der Waals surface area contributed by atoms with E-state index in [2.05, 4.69) is 9.97 Å². The number of aromatic nitrogens is 2. The van der Waals surface area contributed by atoms with E-state index < -0.39 is 0 Å². The van der Waals surface area contributed by atoms with Crippen LogP contribution in [0.2, 0.25) is 0 Å². The first-order chi connectivity index (χ1) is 12.7. The largest absolute Gasteiger partial charge is 0.507 e. The topological polar surface area (TPSA) is 99.7 Å². The number of nitrogens with zero attached hydrogens (tertiary/aromatic N) is 2. The number of aromatic hydroxyl groups is 1. The number of methoxy groups -OCH3 is 1. The van der Waals surface area contributed by atoms with Gasteiger partial charge in [0, 0.05) is 23.4 Å². The molecule has 0 bridgehead atoms. The van der Waals surface area contributed by atoms with Crippen molar-refractivity contribution in [3.63, 3.8) is 0 Å². The van der Waals surface area contributed by atoms with Gasteiger partial charge in [0.1, 0.15) is 24.7 Å². The lowest BCUT2D eigenvalue weighted by molar-refractivity contribution is 0.171. The first-order valence-corrected chi connectivity index (χ1v) is 8.05. The number of rotatable bonds is 3. The van der Waals surface area contributed by atoms with E-state index in [4.69, 9.17) is 19.9 Å². The minimum atomic E-state index is 0.0428. The van der Waals surface area contributed by atoms with Gasteiger partial charge >= 0.3 is 0 Å². The molecule has 0 aliphatic carbocycles. The second-order valence-electron chi connectivity index (χ2n) is 5.73. The molecule has 0 saturated heterocycles. The summed E-state index contributed by atoms with van der Waals surface area (Å²) in [6, 6.07) is 10.6. The summed E-state index contributed by atoms with van der Waals surface area (Å²) in [4.78, 5) is 8.45. The van der Waals surface area contributed by atoms with Crippen molar-refractivity contribution < 1.29 is 19.3 Å². The van der Waals surface area contributed by atoms with Crippen molar-refractivity contribution in [2.75, 3.05) is 26.1 Å². The third-order valence-electron chi connectivity index (χ3n) is 4.12. The maximum Gasteiger partial charge on any atom is 0.220 e. The first-order valence-electron chi connectivity index (χ1n) is 8.05. The number of benzene rings is 2. The highest BCUT2D eigenvalue weighted by atomic mass is 16.6. The van der Waals surface area contributed by atoms with Gasteiger partial charge in [0.05, 0.1) is 12.8 Å². The van der Waals surface area contributed by atoms with Crippen LogP contribution in [0.15, 0.2) is 42.6 Å². The monoisotopic (exact) mass is 351 g/mol. The van der Waals surface area contributed by atoms with E-state index in [-0.39, 0.29) is 11.7 Å². The molecule has 4 rings (SSSR count). The molecule has 0 fully saturated rings. The van der Waals surface area contributed by atoms with E-state index in [0.29, 0.717) is 41.7 Å². The summed E-state index contributed by atoms with van der Waals surface area (Å²) >= 11 is 0. The van der Waals surface area contributed by atoms with Gasteiger partial charge in [0.25, 0.3) is 0 Å². The molecule has 3 aromatic rings. The zero-order valence-corrected chi connectivity index (χ0v) is 14.1. The number of nitrogens with two attached hydrogens (primary N) is 1. The summed E-state index contributed by atoms with van der Waals surface area (Å²) in [6.45, 7) is 1.03. The van der Waals surface area contributed by atoms with E-state index in [9.17, 15) is 5.11 Å². The summed E-state index contributed by atoms with van der Waals surface area (Å²) in [5.74, 6) is 2.08. The van der Waals surface area contributed by atoms with Crippen molar-refractivity contribution in [3.8, 4) is 45.4 Å². The van der Waals surface area contributed by atoms with Gasteiger partial charge in [-0.2, -0.15) is 0 Å². The van der Waals surface area contributed by atoms with Gasteiger partial charge < -0.3 is 25.1 Å². The average Bonchev–Trinajstić information content (AvgIpc) is 2.67. The Bertz CT molecular complexity index is 975. The van der Waals surface area contributed by atoms with Gasteiger partial charge in [-0.15, -0.1) is 0 Å². The van der Waals surface area contributed by atoms with Crippen molar-refractivity contribution in [2.45, 2.75) is 0 Å². The predicted octanol–water partition coefficient (Wildman–Crippen LogP) is 2.88. The van der Waals surface area contributed by atoms with E-state index in [0.717, 1.165) is 11.1 Å². The summed E-state index contributed by atoms with van der Waals surface area (Å²) in [5.41, 5.74) is 8.39. The predicted molar refractivity (Wildman–Crippen MR) is 96.5 cm³/mol. The van der Waals surface area contributed by atoms with E-state index >= 15 is 0 Å². The maximum absolute atomic E-state index is 10.4. The highest BCUT2D eigenvalue weighted by Gasteiger charge is 2.18. The van der Waals surface area contributed by atoms with Crippen LogP contribution in [0.5, 0.6) is 23.0 Å². The molecule has 1 aromatic heterocycles. The molecule has 1 aliphatic rings. The van der Waals surface area contributed by atoms with Crippen LogP contribution in [0.4, 0.5) is 5.95 Å². The molecule has 2 aromatic carbocycles. The van der Waals surface area contributed by atoms with Crippen LogP contribution in [0, 0.1) is 0 Å². The van der Waals surface area contributed by atoms with Crippen LogP contribution >= 0.6 is 0 Å². The number of hydrogen-bond donors (Lipinski definition) is 2. The zero-order valence-electron chi connectivity index (χ0n) is 14.1. The van der Waals surface area contributed by atoms with E-state index in [1.54, 1.807) is 18.3 Å². The Morgan fingerprint density at radius 3 is 2.62 bits per heavy atom. The number of phenolic OH excluding ortho intramolecular Hbond substituents is 1. The lowest BCUT2D eigenvalue weighted by atomic mass is 9.99. The Morgan fingerprint density at radius 1 is 1.04 bits per heavy atom. The van der Waals surface area contributed by atoms with Gasteiger partial charge in [-0.1, -0.05) is 6.07 Å². The standard InChI is InChI=1S/C19H17N3O4/c1-24-12-3-4-13(15(23)9-12)18-14(10-21-19(20)22-18)11-2-5-16-17(8-11)26-7-6-25-16/h2-5,8-10,23H,6-7H2,1H3,(H2,20,21,22). The van der Waals surface area contributed by atoms with Crippen molar-refractivity contribution >= 4 is 5.95 Å². The smallest absolute Gasteiger partial charge is 0.220 e. The second-order valence-corrected chi connectivity index (χ2v) is 5.73. The molecular formula is C19H17N3O4. The molecule has 26 heavy (non-hydrogen) atoms. The van der Waals surface area contributed by atoms with Crippen LogP contribution in [-0.2, 0) is 0 Å². The number of hydrogen-bond acceptors (Lipinski definition) is 7. The third-order valence-corrected chi connectivity index (χ3v) is 4.12. The van der Waals surface area contributed by atoms with Gasteiger partial charge in [0.15, 0.2) is 11.5 Å². The molecule has 0 saturated carbocycles. The summed E-state index contributed by atoms with van der Waals surface area (Å²) in [6.07, 6.45) is 1.63. The molecule has 1 aliphatic heterocycles. The Morgan fingerprint density at radius 2 is 1.85 bits per heavy atom. The first kappa shape index (κ1) is 16.0. The van der Waals surface area contributed by atoms with Crippen LogP contribution in [0.25, 0.3) is 22.4 Å². The number of ether oxygens (including phenoxy) is 3. The van der Waals surface area contributed by atoms with Crippen molar-refractivity contribution in [1.29, 1.82) is 0 Å². The third kappa shape index (κ3) is 2.83. The molecule has 0 amide bonds. The Balaban J connectivity index is 1.86. The normalized spacial score (nSPS) is 12.7. The fraction of sp³-hybridized carbons (Fsp3) is 0.158. The van der Waals surface area contributed by atoms with Crippen molar-refractivity contribution in [2.24, 2.45) is 0 Å². The quantitative estimate of drug-likeness (QED) is 0.748. The Hall–Kier alpha value is -3.48. The molecule has 0 radical (unpaired) electrons. The maximum atomic E-state index is 10.4. The van der Waals surface area contributed by atoms with Crippen LogP contribution in [-0.4, -0.2) is 35.4 Å². The number of anilines is 1. The Labute approximate surface area is 150 Å². The molecule has 132 valence electrons. The zero-order chi connectivity index (χ0) is 18.1. The van der Waals surface area contributed by atoms with Gasteiger partial charge in [0.2, 0.25) is 5.95 Å². The fourth-order valence-electron chi connectivity index (χ4n) is 2.86. The van der Waals surface area contributed by atoms with Crippen LogP contribution in [0.3, 0.4) is 0 Å². The molecule has 2 heterocycles. The number of nitrogen functional groups attached to an aromatic ring is 1. The van der Waals surface area contributed by atoms with Crippen LogP contribution < -0.4 is 19.9 Å². The van der Waals surface area contributed by atoms with Gasteiger partial charge in [-0.3, -0.25) is 0 Å². The summed E-state index contributed by atoms with van der Waals surface area (Å²) in [5, 5.41) is 10.4.